The summed E-state index contributed by atoms with van der Waals surface area (Å²) in [6.45, 7) is 6.49. The van der Waals surface area contributed by atoms with E-state index in [0.717, 1.165) is 11.1 Å². The SMILES string of the molecule is CC(=O)Nc1cc(N=C=O)ccc1C.CC(=O)Nc1cccc(N=C=O)c1C. The van der Waals surface area contributed by atoms with E-state index in [1.807, 2.05) is 6.92 Å². The quantitative estimate of drug-likeness (QED) is 0.619. The van der Waals surface area contributed by atoms with Crippen LogP contribution in [0.1, 0.15) is 25.0 Å². The van der Waals surface area contributed by atoms with Crippen LogP contribution in [0.4, 0.5) is 22.7 Å². The van der Waals surface area contributed by atoms with Gasteiger partial charge in [0.15, 0.2) is 0 Å². The lowest BCUT2D eigenvalue weighted by Crippen LogP contribution is -2.06. The predicted octanol–water partition coefficient (Wildman–Crippen LogP) is 3.84. The van der Waals surface area contributed by atoms with Crippen LogP contribution in [0.5, 0.6) is 0 Å². The third kappa shape index (κ3) is 7.17. The monoisotopic (exact) mass is 380 g/mol. The Morgan fingerprint density at radius 2 is 1.46 bits per heavy atom. The molecule has 2 aromatic rings. The standard InChI is InChI=1S/2C10H10N2O2/c1-7-3-4-9(11-6-13)5-10(7)12-8(2)14;1-7-9(11-6-13)4-3-5-10(7)12-8(2)14/h2*3-5H,1-2H3,(H,12,14). The van der Waals surface area contributed by atoms with Crippen LogP contribution >= 0.6 is 0 Å². The lowest BCUT2D eigenvalue weighted by atomic mass is 10.1. The molecule has 0 radical (unpaired) electrons. The molecule has 0 spiro atoms. The van der Waals surface area contributed by atoms with Crippen LogP contribution in [-0.4, -0.2) is 24.0 Å². The van der Waals surface area contributed by atoms with Crippen molar-refractivity contribution in [2.24, 2.45) is 9.98 Å². The molecule has 0 fully saturated rings. The molecule has 2 N–H and O–H groups in total. The van der Waals surface area contributed by atoms with Crippen molar-refractivity contribution >= 4 is 46.7 Å². The fourth-order valence-corrected chi connectivity index (χ4v) is 2.18. The van der Waals surface area contributed by atoms with E-state index in [-0.39, 0.29) is 11.8 Å². The maximum atomic E-state index is 10.8. The van der Waals surface area contributed by atoms with E-state index in [1.165, 1.54) is 26.0 Å². The average Bonchev–Trinajstić information content (AvgIpc) is 2.61. The van der Waals surface area contributed by atoms with Crippen molar-refractivity contribution in [3.8, 4) is 0 Å². The van der Waals surface area contributed by atoms with Gasteiger partial charge in [-0.1, -0.05) is 12.1 Å². The molecule has 0 heterocycles. The number of hydrogen-bond acceptors (Lipinski definition) is 6. The second-order valence-electron chi connectivity index (χ2n) is 5.72. The van der Waals surface area contributed by atoms with Crippen LogP contribution in [0.3, 0.4) is 0 Å². The highest BCUT2D eigenvalue weighted by Crippen LogP contribution is 2.25. The lowest BCUT2D eigenvalue weighted by Gasteiger charge is -2.06. The minimum atomic E-state index is -0.152. The summed E-state index contributed by atoms with van der Waals surface area (Å²) in [4.78, 5) is 48.7. The first-order valence-corrected chi connectivity index (χ1v) is 8.19. The third-order valence-corrected chi connectivity index (χ3v) is 3.49. The van der Waals surface area contributed by atoms with Crippen LogP contribution in [0.15, 0.2) is 46.4 Å². The van der Waals surface area contributed by atoms with E-state index in [0.29, 0.717) is 22.7 Å². The van der Waals surface area contributed by atoms with Crippen molar-refractivity contribution in [1.82, 2.24) is 0 Å². The molecule has 8 heteroatoms. The van der Waals surface area contributed by atoms with Crippen molar-refractivity contribution < 1.29 is 19.2 Å². The van der Waals surface area contributed by atoms with Gasteiger partial charge in [0.25, 0.3) is 0 Å². The zero-order valence-corrected chi connectivity index (χ0v) is 16.0. The summed E-state index contributed by atoms with van der Waals surface area (Å²) >= 11 is 0. The smallest absolute Gasteiger partial charge is 0.240 e. The maximum Gasteiger partial charge on any atom is 0.240 e. The van der Waals surface area contributed by atoms with Gasteiger partial charge >= 0.3 is 0 Å². The molecular formula is C20H20N4O4. The Balaban J connectivity index is 0.000000280. The van der Waals surface area contributed by atoms with Gasteiger partial charge in [-0.25, -0.2) is 9.59 Å². The topological polar surface area (TPSA) is 117 Å². The molecule has 2 amide bonds. The molecule has 0 saturated carbocycles. The number of carbonyl (C=O) groups excluding carboxylic acids is 4. The summed E-state index contributed by atoms with van der Waals surface area (Å²) in [5.74, 6) is -0.305. The highest BCUT2D eigenvalue weighted by molar-refractivity contribution is 5.91. The van der Waals surface area contributed by atoms with E-state index in [1.54, 1.807) is 43.3 Å². The molecule has 28 heavy (non-hydrogen) atoms. The van der Waals surface area contributed by atoms with Gasteiger partial charge in [0.2, 0.25) is 24.0 Å². The molecule has 0 unspecified atom stereocenters. The van der Waals surface area contributed by atoms with Gasteiger partial charge in [-0.05, 0) is 49.2 Å². The number of isocyanates is 2. The van der Waals surface area contributed by atoms with Gasteiger partial charge in [0.05, 0.1) is 11.4 Å². The molecule has 0 aliphatic heterocycles. The zero-order valence-electron chi connectivity index (χ0n) is 16.0. The number of anilines is 2. The Bertz CT molecular complexity index is 958. The van der Waals surface area contributed by atoms with Gasteiger partial charge < -0.3 is 10.6 Å². The molecule has 144 valence electrons. The first kappa shape index (κ1) is 22.2. The van der Waals surface area contributed by atoms with Gasteiger partial charge in [-0.3, -0.25) is 9.59 Å². The number of nitrogens with one attached hydrogen (secondary N) is 2. The highest BCUT2D eigenvalue weighted by Gasteiger charge is 2.03. The van der Waals surface area contributed by atoms with Crippen LogP contribution in [-0.2, 0) is 19.2 Å². The summed E-state index contributed by atoms with van der Waals surface area (Å²) in [7, 11) is 0. The Labute approximate surface area is 162 Å². The van der Waals surface area contributed by atoms with Gasteiger partial charge in [0, 0.05) is 25.2 Å². The molecule has 0 aromatic heterocycles. The second kappa shape index (κ2) is 11.0. The number of aryl methyl sites for hydroxylation is 1. The summed E-state index contributed by atoms with van der Waals surface area (Å²) in [6.07, 6.45) is 2.91. The number of rotatable bonds is 4. The maximum absolute atomic E-state index is 10.8. The molecule has 0 bridgehead atoms. The van der Waals surface area contributed by atoms with Gasteiger partial charge in [-0.2, -0.15) is 9.98 Å². The number of carbonyl (C=O) groups is 2. The number of benzene rings is 2. The first-order chi connectivity index (χ1) is 13.3. The predicted molar refractivity (Wildman–Crippen MR) is 107 cm³/mol. The molecule has 0 atom stereocenters. The lowest BCUT2D eigenvalue weighted by molar-refractivity contribution is -0.115. The third-order valence-electron chi connectivity index (χ3n) is 3.49. The molecular weight excluding hydrogens is 360 g/mol. The number of aliphatic imine (C=N–C) groups is 2. The molecule has 2 rings (SSSR count). The molecule has 0 saturated heterocycles. The summed E-state index contributed by atoms with van der Waals surface area (Å²) in [6, 6.07) is 10.2. The van der Waals surface area contributed by atoms with Crippen molar-refractivity contribution in [3.05, 3.63) is 47.5 Å². The molecule has 0 aliphatic carbocycles. The molecule has 8 nitrogen and oxygen atoms in total. The Morgan fingerprint density at radius 3 is 2.04 bits per heavy atom. The van der Waals surface area contributed by atoms with Crippen LogP contribution in [0.2, 0.25) is 0 Å². The Hall–Kier alpha value is -3.86. The second-order valence-corrected chi connectivity index (χ2v) is 5.72. The molecule has 0 aliphatic rings. The van der Waals surface area contributed by atoms with Gasteiger partial charge in [0.1, 0.15) is 0 Å². The zero-order chi connectivity index (χ0) is 21.1. The van der Waals surface area contributed by atoms with Gasteiger partial charge in [-0.15, -0.1) is 0 Å². The average molecular weight is 380 g/mol. The van der Waals surface area contributed by atoms with E-state index in [2.05, 4.69) is 20.6 Å². The number of amides is 2. The number of hydrogen-bond donors (Lipinski definition) is 2. The minimum absolute atomic E-state index is 0.152. The van der Waals surface area contributed by atoms with Crippen LogP contribution < -0.4 is 10.6 Å². The largest absolute Gasteiger partial charge is 0.326 e. The van der Waals surface area contributed by atoms with E-state index in [4.69, 9.17) is 0 Å². The van der Waals surface area contributed by atoms with Crippen LogP contribution in [0, 0.1) is 13.8 Å². The molecule has 2 aromatic carbocycles. The summed E-state index contributed by atoms with van der Waals surface area (Å²) < 4.78 is 0. The fourth-order valence-electron chi connectivity index (χ4n) is 2.18. The highest BCUT2D eigenvalue weighted by atomic mass is 16.2. The fraction of sp³-hybridized carbons (Fsp3) is 0.200. The Kier molecular flexibility index (Phi) is 8.70. The van der Waals surface area contributed by atoms with Crippen molar-refractivity contribution in [2.45, 2.75) is 27.7 Å². The summed E-state index contributed by atoms with van der Waals surface area (Å²) in [5.41, 5.74) is 4.00. The van der Waals surface area contributed by atoms with E-state index in [9.17, 15) is 19.2 Å². The van der Waals surface area contributed by atoms with Crippen molar-refractivity contribution in [2.75, 3.05) is 10.6 Å². The summed E-state index contributed by atoms with van der Waals surface area (Å²) in [5, 5.41) is 5.29. The Morgan fingerprint density at radius 1 is 0.857 bits per heavy atom. The van der Waals surface area contributed by atoms with Crippen molar-refractivity contribution in [1.29, 1.82) is 0 Å². The first-order valence-electron chi connectivity index (χ1n) is 8.19. The number of nitrogens with zero attached hydrogens (tertiary/aromatic N) is 2. The van der Waals surface area contributed by atoms with Crippen LogP contribution in [0.25, 0.3) is 0 Å². The minimum Gasteiger partial charge on any atom is -0.326 e. The normalized spacial score (nSPS) is 9.00. The van der Waals surface area contributed by atoms with E-state index < -0.39 is 0 Å². The van der Waals surface area contributed by atoms with E-state index >= 15 is 0 Å². The van der Waals surface area contributed by atoms with Crippen molar-refractivity contribution in [3.63, 3.8) is 0 Å².